The molecule has 0 aromatic heterocycles. The summed E-state index contributed by atoms with van der Waals surface area (Å²) in [5.74, 6) is -0.356. The average molecular weight is 550 g/mol. The minimum Gasteiger partial charge on any atom is -0.305 e. The molecule has 1 aliphatic heterocycles. The largest absolute Gasteiger partial charge is 0.305 e. The third-order valence-corrected chi connectivity index (χ3v) is 7.40. The van der Waals surface area contributed by atoms with Crippen molar-refractivity contribution in [3.05, 3.63) is 129 Å². The maximum Gasteiger partial charge on any atom is 0.260 e. The van der Waals surface area contributed by atoms with E-state index < -0.39 is 0 Å². The Morgan fingerprint density at radius 1 is 0.811 bits per heavy atom. The fourth-order valence-electron chi connectivity index (χ4n) is 4.89. The number of fused-ring (bicyclic) bond motifs is 1. The first-order chi connectivity index (χ1) is 17.8. The first-order valence-electron chi connectivity index (χ1n) is 11.9. The van der Waals surface area contributed by atoms with E-state index in [2.05, 4.69) is 0 Å². The van der Waals surface area contributed by atoms with Crippen molar-refractivity contribution in [2.75, 3.05) is 9.80 Å². The Morgan fingerprint density at radius 3 is 2.16 bits per heavy atom. The number of para-hydroxylation sites is 2. The summed E-state index contributed by atoms with van der Waals surface area (Å²) < 4.78 is 0. The summed E-state index contributed by atoms with van der Waals surface area (Å²) in [7, 11) is 0. The Balaban J connectivity index is 1.61. The zero-order valence-corrected chi connectivity index (χ0v) is 22.2. The molecule has 2 atom stereocenters. The maximum atomic E-state index is 14.0. The van der Waals surface area contributed by atoms with Crippen LogP contribution in [-0.2, 0) is 0 Å². The van der Waals surface area contributed by atoms with Gasteiger partial charge in [0.2, 0.25) is 0 Å². The predicted octanol–water partition coefficient (Wildman–Crippen LogP) is 8.47. The van der Waals surface area contributed by atoms with E-state index in [0.717, 1.165) is 16.9 Å². The van der Waals surface area contributed by atoms with Crippen LogP contribution in [0.4, 0.5) is 11.4 Å². The second-order valence-corrected chi connectivity index (χ2v) is 10.3. The number of hydrogen-bond acceptors (Lipinski definition) is 2. The summed E-state index contributed by atoms with van der Waals surface area (Å²) in [6.07, 6.45) is 0.530. The molecule has 4 aromatic carbocycles. The molecular weight excluding hydrogens is 527 g/mol. The van der Waals surface area contributed by atoms with Gasteiger partial charge in [0.1, 0.15) is 0 Å². The fraction of sp³-hybridized carbons (Fsp3) is 0.133. The summed E-state index contributed by atoms with van der Waals surface area (Å²) in [6.45, 7) is 1.99. The van der Waals surface area contributed by atoms with Crippen molar-refractivity contribution in [2.45, 2.75) is 25.4 Å². The van der Waals surface area contributed by atoms with Crippen molar-refractivity contribution in [1.82, 2.24) is 0 Å². The number of rotatable bonds is 4. The maximum absolute atomic E-state index is 14.0. The Hall–Kier alpha value is -3.31. The molecule has 1 aliphatic rings. The van der Waals surface area contributed by atoms with Gasteiger partial charge in [0.05, 0.1) is 16.6 Å². The van der Waals surface area contributed by atoms with Crippen LogP contribution >= 0.6 is 34.8 Å². The van der Waals surface area contributed by atoms with Gasteiger partial charge >= 0.3 is 0 Å². The Labute approximate surface area is 231 Å². The van der Waals surface area contributed by atoms with Gasteiger partial charge in [-0.3, -0.25) is 9.59 Å². The fourth-order valence-corrected chi connectivity index (χ4v) is 5.50. The van der Waals surface area contributed by atoms with Crippen LogP contribution < -0.4 is 9.80 Å². The first-order valence-corrected chi connectivity index (χ1v) is 13.0. The van der Waals surface area contributed by atoms with Gasteiger partial charge in [0.25, 0.3) is 11.8 Å². The minimum atomic E-state index is -0.304. The lowest BCUT2D eigenvalue weighted by atomic mass is 9.89. The van der Waals surface area contributed by atoms with Gasteiger partial charge in [-0.25, -0.2) is 0 Å². The zero-order valence-electron chi connectivity index (χ0n) is 19.9. The topological polar surface area (TPSA) is 40.6 Å². The quantitative estimate of drug-likeness (QED) is 0.256. The van der Waals surface area contributed by atoms with E-state index in [9.17, 15) is 9.59 Å². The monoisotopic (exact) mass is 548 g/mol. The SMILES string of the molecule is C[C@@H]1C[C@@H](N(C(=O)c2ccc(Cl)cc2)c2ccccc2)c2ccccc2N1C(=O)c1ccc(Cl)cc1Cl. The summed E-state index contributed by atoms with van der Waals surface area (Å²) in [4.78, 5) is 31.3. The number of carbonyl (C=O) groups is 2. The number of benzene rings is 4. The van der Waals surface area contributed by atoms with E-state index >= 15 is 0 Å². The molecule has 0 saturated carbocycles. The molecule has 186 valence electrons. The second kappa shape index (κ2) is 10.6. The van der Waals surface area contributed by atoms with Crippen LogP contribution in [0.25, 0.3) is 0 Å². The van der Waals surface area contributed by atoms with Gasteiger partial charge in [-0.05, 0) is 79.6 Å². The van der Waals surface area contributed by atoms with E-state index in [1.165, 1.54) is 0 Å². The van der Waals surface area contributed by atoms with Gasteiger partial charge in [-0.15, -0.1) is 0 Å². The van der Waals surface area contributed by atoms with E-state index in [1.807, 2.05) is 66.4 Å². The summed E-state index contributed by atoms with van der Waals surface area (Å²) in [5, 5.41) is 1.33. The Morgan fingerprint density at radius 2 is 1.46 bits per heavy atom. The molecule has 5 rings (SSSR count). The molecule has 7 heteroatoms. The summed E-state index contributed by atoms with van der Waals surface area (Å²) in [5.41, 5.74) is 3.31. The number of carbonyl (C=O) groups excluding carboxylic acids is 2. The smallest absolute Gasteiger partial charge is 0.260 e. The van der Waals surface area contributed by atoms with Gasteiger partial charge in [-0.2, -0.15) is 0 Å². The highest BCUT2D eigenvalue weighted by atomic mass is 35.5. The molecule has 0 unspecified atom stereocenters. The molecular formula is C30H23Cl3N2O2. The van der Waals surface area contributed by atoms with Gasteiger partial charge in [-0.1, -0.05) is 71.2 Å². The van der Waals surface area contributed by atoms with Crippen LogP contribution in [0.5, 0.6) is 0 Å². The van der Waals surface area contributed by atoms with Crippen molar-refractivity contribution in [2.24, 2.45) is 0 Å². The first kappa shape index (κ1) is 25.3. The lowest BCUT2D eigenvalue weighted by Gasteiger charge is -2.43. The highest BCUT2D eigenvalue weighted by Gasteiger charge is 2.39. The van der Waals surface area contributed by atoms with Crippen molar-refractivity contribution >= 4 is 58.0 Å². The van der Waals surface area contributed by atoms with E-state index in [-0.39, 0.29) is 23.9 Å². The summed E-state index contributed by atoms with van der Waals surface area (Å²) >= 11 is 18.6. The number of hydrogen-bond donors (Lipinski definition) is 0. The Kier molecular flexibility index (Phi) is 7.25. The van der Waals surface area contributed by atoms with Gasteiger partial charge in [0, 0.05) is 33.0 Å². The minimum absolute atomic E-state index is 0.143. The van der Waals surface area contributed by atoms with E-state index in [0.29, 0.717) is 32.6 Å². The standard InChI is InChI=1S/C30H23Cl3N2O2/c1-19-17-28(35(23-7-3-2-4-8-23)29(36)20-11-13-21(31)14-12-20)25-9-5-6-10-27(25)34(19)30(37)24-16-15-22(32)18-26(24)33/h2-16,18-19,28H,17H2,1H3/t19-,28-/m1/s1. The molecule has 0 saturated heterocycles. The van der Waals surface area contributed by atoms with Crippen LogP contribution in [0, 0.1) is 0 Å². The lowest BCUT2D eigenvalue weighted by Crippen LogP contribution is -2.48. The van der Waals surface area contributed by atoms with Crippen LogP contribution in [0.1, 0.15) is 45.7 Å². The van der Waals surface area contributed by atoms with Crippen molar-refractivity contribution in [3.63, 3.8) is 0 Å². The number of nitrogens with zero attached hydrogens (tertiary/aromatic N) is 2. The number of anilines is 2. The molecule has 2 amide bonds. The number of amides is 2. The van der Waals surface area contributed by atoms with E-state index in [1.54, 1.807) is 47.4 Å². The van der Waals surface area contributed by atoms with Crippen molar-refractivity contribution < 1.29 is 9.59 Å². The Bertz CT molecular complexity index is 1460. The normalized spacial score (nSPS) is 16.7. The molecule has 0 radical (unpaired) electrons. The molecule has 0 bridgehead atoms. The average Bonchev–Trinajstić information content (AvgIpc) is 2.89. The van der Waals surface area contributed by atoms with Gasteiger partial charge < -0.3 is 9.80 Å². The number of halogens is 3. The zero-order chi connectivity index (χ0) is 26.1. The molecule has 0 spiro atoms. The summed E-state index contributed by atoms with van der Waals surface area (Å²) in [6, 6.07) is 28.5. The third kappa shape index (κ3) is 4.97. The van der Waals surface area contributed by atoms with Crippen LogP contribution in [0.2, 0.25) is 15.1 Å². The lowest BCUT2D eigenvalue weighted by molar-refractivity contribution is 0.0965. The second-order valence-electron chi connectivity index (χ2n) is 8.98. The molecule has 0 fully saturated rings. The van der Waals surface area contributed by atoms with Gasteiger partial charge in [0.15, 0.2) is 0 Å². The molecule has 1 heterocycles. The highest BCUT2D eigenvalue weighted by molar-refractivity contribution is 6.37. The molecule has 4 nitrogen and oxygen atoms in total. The molecule has 0 aliphatic carbocycles. The highest BCUT2D eigenvalue weighted by Crippen LogP contribution is 2.43. The van der Waals surface area contributed by atoms with Crippen molar-refractivity contribution in [3.8, 4) is 0 Å². The predicted molar refractivity (Wildman–Crippen MR) is 151 cm³/mol. The third-order valence-electron chi connectivity index (χ3n) is 6.60. The molecule has 4 aromatic rings. The van der Waals surface area contributed by atoms with Crippen LogP contribution in [0.15, 0.2) is 97.1 Å². The molecule has 0 N–H and O–H groups in total. The molecule has 37 heavy (non-hydrogen) atoms. The van der Waals surface area contributed by atoms with Crippen molar-refractivity contribution in [1.29, 1.82) is 0 Å². The van der Waals surface area contributed by atoms with E-state index in [4.69, 9.17) is 34.8 Å². The van der Waals surface area contributed by atoms with Crippen LogP contribution in [-0.4, -0.2) is 17.9 Å². The van der Waals surface area contributed by atoms with Crippen LogP contribution in [0.3, 0.4) is 0 Å².